The highest BCUT2D eigenvalue weighted by atomic mass is 16.5. The van der Waals surface area contributed by atoms with Gasteiger partial charge in [0, 0.05) is 38.5 Å². The first-order valence-corrected chi connectivity index (χ1v) is 9.39. The predicted molar refractivity (Wildman–Crippen MR) is 100 cm³/mol. The van der Waals surface area contributed by atoms with Crippen molar-refractivity contribution in [3.05, 3.63) is 65.8 Å². The van der Waals surface area contributed by atoms with Gasteiger partial charge in [-0.05, 0) is 24.9 Å². The number of imidazole rings is 1. The minimum Gasteiger partial charge on any atom is -0.375 e. The van der Waals surface area contributed by atoms with E-state index in [4.69, 9.17) is 9.26 Å². The Morgan fingerprint density at radius 1 is 1.22 bits per heavy atom. The fraction of sp³-hybridized carbons (Fsp3) is 0.450. The third kappa shape index (κ3) is 4.43. The van der Waals surface area contributed by atoms with Gasteiger partial charge < -0.3 is 13.8 Å². The summed E-state index contributed by atoms with van der Waals surface area (Å²) in [5.74, 6) is 2.83. The Hall–Kier alpha value is -2.51. The zero-order chi connectivity index (χ0) is 18.5. The highest BCUT2D eigenvalue weighted by molar-refractivity contribution is 5.16. The first-order chi connectivity index (χ1) is 13.3. The van der Waals surface area contributed by atoms with Gasteiger partial charge in [0.15, 0.2) is 5.82 Å². The average Bonchev–Trinajstić information content (AvgIpc) is 3.33. The van der Waals surface area contributed by atoms with E-state index in [1.165, 1.54) is 5.56 Å². The number of likely N-dealkylation sites (tertiary alicyclic amines) is 1. The summed E-state index contributed by atoms with van der Waals surface area (Å²) < 4.78 is 12.5. The van der Waals surface area contributed by atoms with Gasteiger partial charge in [0.25, 0.3) is 5.89 Å². The maximum Gasteiger partial charge on any atom is 0.252 e. The number of rotatable bonds is 7. The van der Waals surface area contributed by atoms with Gasteiger partial charge in [-0.3, -0.25) is 4.90 Å². The van der Waals surface area contributed by atoms with Crippen molar-refractivity contribution in [2.45, 2.75) is 38.5 Å². The van der Waals surface area contributed by atoms with Crippen LogP contribution >= 0.6 is 0 Å². The summed E-state index contributed by atoms with van der Waals surface area (Å²) >= 11 is 0. The number of piperidine rings is 1. The topological polar surface area (TPSA) is 69.2 Å². The first-order valence-electron chi connectivity index (χ1n) is 9.39. The average molecular weight is 367 g/mol. The molecule has 27 heavy (non-hydrogen) atoms. The molecule has 0 radical (unpaired) electrons. The minimum atomic E-state index is 0.354. The molecule has 2 aromatic heterocycles. The van der Waals surface area contributed by atoms with Gasteiger partial charge in [-0.2, -0.15) is 4.98 Å². The van der Waals surface area contributed by atoms with Gasteiger partial charge in [-0.1, -0.05) is 35.5 Å². The van der Waals surface area contributed by atoms with Gasteiger partial charge in [0.1, 0.15) is 12.4 Å². The maximum absolute atomic E-state index is 5.20. The van der Waals surface area contributed by atoms with Gasteiger partial charge in [0.05, 0.1) is 6.54 Å². The number of benzene rings is 1. The number of nitrogens with zero attached hydrogens (tertiary/aromatic N) is 5. The van der Waals surface area contributed by atoms with Crippen LogP contribution in [0.25, 0.3) is 0 Å². The molecule has 0 N–H and O–H groups in total. The molecule has 1 aliphatic heterocycles. The van der Waals surface area contributed by atoms with Gasteiger partial charge in [-0.25, -0.2) is 4.98 Å². The van der Waals surface area contributed by atoms with E-state index >= 15 is 0 Å². The highest BCUT2D eigenvalue weighted by Gasteiger charge is 2.25. The third-order valence-electron chi connectivity index (χ3n) is 4.96. The number of aromatic nitrogens is 4. The first kappa shape index (κ1) is 17.9. The van der Waals surface area contributed by atoms with Gasteiger partial charge >= 0.3 is 0 Å². The monoisotopic (exact) mass is 367 g/mol. The summed E-state index contributed by atoms with van der Waals surface area (Å²) in [6.45, 7) is 3.91. The molecule has 7 heteroatoms. The normalized spacial score (nSPS) is 18.0. The third-order valence-corrected chi connectivity index (χ3v) is 4.96. The maximum atomic E-state index is 5.20. The molecular formula is C20H25N5O2. The largest absolute Gasteiger partial charge is 0.375 e. The van der Waals surface area contributed by atoms with Crippen LogP contribution in [0.15, 0.2) is 47.2 Å². The van der Waals surface area contributed by atoms with E-state index in [-0.39, 0.29) is 0 Å². The molecule has 3 aromatic rings. The Balaban J connectivity index is 1.42. The number of hydrogen-bond donors (Lipinski definition) is 0. The standard InChI is InChI=1S/C20H25N5O2/c1-26-15-19-22-18(23-27-19)14-24-10-5-8-17(13-24)20-21-9-11-25(20)12-16-6-3-2-4-7-16/h2-4,6-7,9,11,17H,5,8,10,12-15H2,1H3/t17-/m0/s1. The molecule has 0 spiro atoms. The fourth-order valence-corrected chi connectivity index (χ4v) is 3.74. The minimum absolute atomic E-state index is 0.354. The lowest BCUT2D eigenvalue weighted by Gasteiger charge is -2.31. The summed E-state index contributed by atoms with van der Waals surface area (Å²) in [5.41, 5.74) is 1.29. The van der Waals surface area contributed by atoms with Crippen molar-refractivity contribution in [2.24, 2.45) is 0 Å². The van der Waals surface area contributed by atoms with E-state index in [0.29, 0.717) is 25.0 Å². The fourth-order valence-electron chi connectivity index (χ4n) is 3.74. The van der Waals surface area contributed by atoms with Crippen LogP contribution in [-0.4, -0.2) is 44.8 Å². The van der Waals surface area contributed by atoms with Gasteiger partial charge in [0.2, 0.25) is 0 Å². The molecule has 1 atom stereocenters. The van der Waals surface area contributed by atoms with Crippen LogP contribution in [0, 0.1) is 0 Å². The smallest absolute Gasteiger partial charge is 0.252 e. The second-order valence-electron chi connectivity index (χ2n) is 7.01. The van der Waals surface area contributed by atoms with E-state index in [2.05, 4.69) is 55.1 Å². The SMILES string of the molecule is COCc1nc(CN2CCC[C@H](c3nccn3Cc3ccccc3)C2)no1. The van der Waals surface area contributed by atoms with E-state index in [1.54, 1.807) is 7.11 Å². The molecule has 7 nitrogen and oxygen atoms in total. The summed E-state index contributed by atoms with van der Waals surface area (Å²) in [5, 5.41) is 4.06. The lowest BCUT2D eigenvalue weighted by atomic mass is 9.97. The Morgan fingerprint density at radius 3 is 2.96 bits per heavy atom. The van der Waals surface area contributed by atoms with Crippen LogP contribution in [0.1, 0.15) is 41.9 Å². The second-order valence-corrected chi connectivity index (χ2v) is 7.01. The van der Waals surface area contributed by atoms with Crippen LogP contribution in [0.4, 0.5) is 0 Å². The van der Waals surface area contributed by atoms with Crippen molar-refractivity contribution in [3.63, 3.8) is 0 Å². The number of hydrogen-bond acceptors (Lipinski definition) is 6. The summed E-state index contributed by atoms with van der Waals surface area (Å²) in [6.07, 6.45) is 6.29. The number of methoxy groups -OCH3 is 1. The molecule has 1 fully saturated rings. The Morgan fingerprint density at radius 2 is 2.11 bits per heavy atom. The highest BCUT2D eigenvalue weighted by Crippen LogP contribution is 2.27. The molecule has 0 bridgehead atoms. The Bertz CT molecular complexity index is 845. The molecule has 0 unspecified atom stereocenters. The summed E-state index contributed by atoms with van der Waals surface area (Å²) in [4.78, 5) is 11.5. The Kier molecular flexibility index (Phi) is 5.60. The van der Waals surface area contributed by atoms with Crippen LogP contribution in [0.3, 0.4) is 0 Å². The lowest BCUT2D eigenvalue weighted by Crippen LogP contribution is -2.35. The quantitative estimate of drug-likeness (QED) is 0.640. The predicted octanol–water partition coefficient (Wildman–Crippen LogP) is 2.84. The molecular weight excluding hydrogens is 342 g/mol. The molecule has 1 saturated heterocycles. The van der Waals surface area contributed by atoms with Gasteiger partial charge in [-0.15, -0.1) is 0 Å². The molecule has 1 aromatic carbocycles. The van der Waals surface area contributed by atoms with E-state index < -0.39 is 0 Å². The summed E-state index contributed by atoms with van der Waals surface area (Å²) in [6, 6.07) is 10.5. The van der Waals surface area contributed by atoms with Crippen LogP contribution in [-0.2, 0) is 24.4 Å². The van der Waals surface area contributed by atoms with Crippen molar-refractivity contribution in [1.82, 2.24) is 24.6 Å². The number of ether oxygens (including phenoxy) is 1. The molecule has 1 aliphatic rings. The molecule has 3 heterocycles. The van der Waals surface area contributed by atoms with E-state index in [1.807, 2.05) is 12.3 Å². The zero-order valence-electron chi connectivity index (χ0n) is 15.6. The van der Waals surface area contributed by atoms with Crippen LogP contribution in [0.5, 0.6) is 0 Å². The molecule has 0 amide bonds. The molecule has 0 saturated carbocycles. The van der Waals surface area contributed by atoms with Crippen molar-refractivity contribution < 1.29 is 9.26 Å². The van der Waals surface area contributed by atoms with Crippen molar-refractivity contribution in [1.29, 1.82) is 0 Å². The van der Waals surface area contributed by atoms with Crippen LogP contribution in [0.2, 0.25) is 0 Å². The van der Waals surface area contributed by atoms with Crippen LogP contribution < -0.4 is 0 Å². The Labute approximate surface area is 159 Å². The molecule has 142 valence electrons. The molecule has 4 rings (SSSR count). The van der Waals surface area contributed by atoms with Crippen molar-refractivity contribution >= 4 is 0 Å². The van der Waals surface area contributed by atoms with Crippen molar-refractivity contribution in [2.75, 3.05) is 20.2 Å². The molecule has 0 aliphatic carbocycles. The van der Waals surface area contributed by atoms with E-state index in [9.17, 15) is 0 Å². The van der Waals surface area contributed by atoms with Crippen molar-refractivity contribution in [3.8, 4) is 0 Å². The lowest BCUT2D eigenvalue weighted by molar-refractivity contribution is 0.151. The summed E-state index contributed by atoms with van der Waals surface area (Å²) in [7, 11) is 1.62. The second kappa shape index (κ2) is 8.45. The zero-order valence-corrected chi connectivity index (χ0v) is 15.6. The van der Waals surface area contributed by atoms with E-state index in [0.717, 1.165) is 44.1 Å².